The molecule has 202 valence electrons. The van der Waals surface area contributed by atoms with E-state index in [-0.39, 0.29) is 11.6 Å². The molecule has 0 aromatic heterocycles. The number of Topliss-reactive ketones (excluding diaryl/α,β-unsaturated/α-hetero) is 2. The van der Waals surface area contributed by atoms with Crippen LogP contribution in [0, 0.1) is 11.3 Å². The zero-order chi connectivity index (χ0) is 29.5. The zero-order valence-electron chi connectivity index (χ0n) is 23.1. The molecule has 0 saturated heterocycles. The van der Waals surface area contributed by atoms with Crippen molar-refractivity contribution in [1.29, 1.82) is 5.26 Å². The van der Waals surface area contributed by atoms with Crippen LogP contribution < -0.4 is 11.5 Å². The second kappa shape index (κ2) is 31.9. The van der Waals surface area contributed by atoms with Crippen molar-refractivity contribution < 1.29 is 19.5 Å². The number of nitrogens with zero attached hydrogens (tertiary/aromatic N) is 1. The number of carboxylic acids is 1. The van der Waals surface area contributed by atoms with Crippen LogP contribution in [0.5, 0.6) is 0 Å². The van der Waals surface area contributed by atoms with Crippen molar-refractivity contribution in [1.82, 2.24) is 0 Å². The molecule has 3 aromatic carbocycles. The van der Waals surface area contributed by atoms with E-state index in [9.17, 15) is 14.4 Å². The SMILES string of the molecule is CC.CC#N.CC(=O)c1ccccc1.CC(=O)c1ccccc1.CCN.CN.O=C(O)c1ccccc1. The Morgan fingerprint density at radius 2 is 0.892 bits per heavy atom. The Hall–Kier alpha value is -4.12. The molecule has 0 atom stereocenters. The molecule has 0 aliphatic rings. The number of nitrogens with two attached hydrogens (primary N) is 2. The number of rotatable bonds is 3. The number of nitriles is 1. The van der Waals surface area contributed by atoms with Crippen LogP contribution in [0.25, 0.3) is 0 Å². The molecule has 0 fully saturated rings. The van der Waals surface area contributed by atoms with Crippen molar-refractivity contribution in [3.8, 4) is 6.07 Å². The van der Waals surface area contributed by atoms with E-state index in [1.165, 1.54) is 14.0 Å². The molecule has 0 radical (unpaired) electrons. The van der Waals surface area contributed by atoms with Crippen LogP contribution >= 0.6 is 0 Å². The predicted octanol–water partition coefficient (Wildman–Crippen LogP) is 6.26. The average molecular weight is 510 g/mol. The van der Waals surface area contributed by atoms with Gasteiger partial charge in [0.25, 0.3) is 0 Å². The van der Waals surface area contributed by atoms with Crippen molar-refractivity contribution in [2.45, 2.75) is 41.5 Å². The van der Waals surface area contributed by atoms with Crippen molar-refractivity contribution in [3.05, 3.63) is 108 Å². The highest BCUT2D eigenvalue weighted by Crippen LogP contribution is 1.98. The number of benzene rings is 3. The van der Waals surface area contributed by atoms with Crippen LogP contribution in [0.2, 0.25) is 0 Å². The van der Waals surface area contributed by atoms with Gasteiger partial charge in [0.15, 0.2) is 11.6 Å². The van der Waals surface area contributed by atoms with Gasteiger partial charge >= 0.3 is 5.97 Å². The first-order valence-electron chi connectivity index (χ1n) is 11.7. The molecule has 0 unspecified atom stereocenters. The molecule has 3 rings (SSSR count). The molecule has 5 N–H and O–H groups in total. The molecule has 0 spiro atoms. The fourth-order valence-electron chi connectivity index (χ4n) is 1.93. The molecular weight excluding hydrogens is 466 g/mol. The number of ketones is 2. The molecule has 7 nitrogen and oxygen atoms in total. The van der Waals surface area contributed by atoms with Crippen LogP contribution in [-0.4, -0.2) is 36.2 Å². The largest absolute Gasteiger partial charge is 0.478 e. The summed E-state index contributed by atoms with van der Waals surface area (Å²) in [6.45, 7) is 11.2. The second-order valence-corrected chi connectivity index (χ2v) is 6.15. The summed E-state index contributed by atoms with van der Waals surface area (Å²) < 4.78 is 0. The van der Waals surface area contributed by atoms with Gasteiger partial charge in [-0.25, -0.2) is 4.79 Å². The minimum Gasteiger partial charge on any atom is -0.478 e. The van der Waals surface area contributed by atoms with Gasteiger partial charge in [-0.2, -0.15) is 5.26 Å². The summed E-state index contributed by atoms with van der Waals surface area (Å²) in [6, 6.07) is 28.5. The number of carbonyl (C=O) groups is 3. The minimum absolute atomic E-state index is 0.121. The van der Waals surface area contributed by atoms with E-state index in [4.69, 9.17) is 16.1 Å². The Bertz CT molecular complexity index is 839. The van der Waals surface area contributed by atoms with Crippen molar-refractivity contribution in [3.63, 3.8) is 0 Å². The van der Waals surface area contributed by atoms with E-state index in [1.54, 1.807) is 50.2 Å². The third-order valence-corrected chi connectivity index (χ3v) is 3.38. The summed E-state index contributed by atoms with van der Waals surface area (Å²) in [5.74, 6) is -0.637. The lowest BCUT2D eigenvalue weighted by atomic mass is 10.2. The normalized spacial score (nSPS) is 7.57. The fourth-order valence-corrected chi connectivity index (χ4v) is 1.93. The van der Waals surface area contributed by atoms with E-state index in [0.29, 0.717) is 5.56 Å². The Labute approximate surface area is 222 Å². The van der Waals surface area contributed by atoms with Crippen LogP contribution in [0.4, 0.5) is 0 Å². The number of hydrogen-bond donors (Lipinski definition) is 3. The van der Waals surface area contributed by atoms with Gasteiger partial charge in [-0.15, -0.1) is 0 Å². The summed E-state index contributed by atoms with van der Waals surface area (Å²) in [4.78, 5) is 31.5. The lowest BCUT2D eigenvalue weighted by Crippen LogP contribution is -1.93. The van der Waals surface area contributed by atoms with Gasteiger partial charge in [0.05, 0.1) is 11.6 Å². The lowest BCUT2D eigenvalue weighted by Gasteiger charge is -1.89. The highest BCUT2D eigenvalue weighted by Gasteiger charge is 1.96. The molecule has 0 saturated carbocycles. The molecule has 0 aliphatic carbocycles. The average Bonchev–Trinajstić information content (AvgIpc) is 2.94. The Morgan fingerprint density at radius 1 is 0.703 bits per heavy atom. The summed E-state index contributed by atoms with van der Waals surface area (Å²) in [5, 5.41) is 15.7. The monoisotopic (exact) mass is 509 g/mol. The molecular formula is C30H43N3O4. The maximum atomic E-state index is 10.6. The highest BCUT2D eigenvalue weighted by molar-refractivity contribution is 5.94. The van der Waals surface area contributed by atoms with Crippen molar-refractivity contribution in [2.75, 3.05) is 13.6 Å². The maximum absolute atomic E-state index is 10.6. The molecule has 0 heterocycles. The van der Waals surface area contributed by atoms with Gasteiger partial charge < -0.3 is 16.6 Å². The smallest absolute Gasteiger partial charge is 0.335 e. The Morgan fingerprint density at radius 3 is 1.00 bits per heavy atom. The number of hydrogen-bond acceptors (Lipinski definition) is 6. The highest BCUT2D eigenvalue weighted by atomic mass is 16.4. The molecule has 0 amide bonds. The van der Waals surface area contributed by atoms with E-state index in [2.05, 4.69) is 5.73 Å². The second-order valence-electron chi connectivity index (χ2n) is 6.15. The minimum atomic E-state index is -0.879. The molecule has 0 bridgehead atoms. The molecule has 3 aromatic rings. The summed E-state index contributed by atoms with van der Waals surface area (Å²) in [6.07, 6.45) is 0. The van der Waals surface area contributed by atoms with Crippen LogP contribution in [-0.2, 0) is 0 Å². The third-order valence-electron chi connectivity index (χ3n) is 3.38. The summed E-state index contributed by atoms with van der Waals surface area (Å²) in [5.41, 5.74) is 11.2. The topological polar surface area (TPSA) is 147 Å². The van der Waals surface area contributed by atoms with Crippen LogP contribution in [0.1, 0.15) is 72.6 Å². The number of aromatic carboxylic acids is 1. The van der Waals surface area contributed by atoms with Gasteiger partial charge in [0.1, 0.15) is 0 Å². The van der Waals surface area contributed by atoms with Gasteiger partial charge in [-0.1, -0.05) is 99.6 Å². The third kappa shape index (κ3) is 28.0. The fraction of sp³-hybridized carbons (Fsp3) is 0.267. The summed E-state index contributed by atoms with van der Waals surface area (Å²) >= 11 is 0. The molecule has 7 heteroatoms. The van der Waals surface area contributed by atoms with Crippen LogP contribution in [0.3, 0.4) is 0 Å². The van der Waals surface area contributed by atoms with Gasteiger partial charge in [0.2, 0.25) is 0 Å². The van der Waals surface area contributed by atoms with Crippen molar-refractivity contribution >= 4 is 17.5 Å². The van der Waals surface area contributed by atoms with Gasteiger partial charge in [-0.05, 0) is 39.6 Å². The quantitative estimate of drug-likeness (QED) is 0.353. The number of carboxylic acid groups (broad SMARTS) is 1. The number of carbonyl (C=O) groups excluding carboxylic acids is 2. The molecule has 37 heavy (non-hydrogen) atoms. The first-order valence-corrected chi connectivity index (χ1v) is 11.7. The predicted molar refractivity (Wildman–Crippen MR) is 154 cm³/mol. The van der Waals surface area contributed by atoms with E-state index in [0.717, 1.165) is 17.7 Å². The van der Waals surface area contributed by atoms with Crippen molar-refractivity contribution in [2.24, 2.45) is 11.5 Å². The first kappa shape index (κ1) is 40.1. The van der Waals surface area contributed by atoms with E-state index in [1.807, 2.05) is 81.4 Å². The van der Waals surface area contributed by atoms with E-state index >= 15 is 0 Å². The zero-order valence-corrected chi connectivity index (χ0v) is 23.1. The standard InChI is InChI=1S/2C8H8O.C7H6O2.C2H7N.C2H3N.C2H6.CH5N/c2*1-7(9)8-5-3-2-4-6-8;8-7(9)6-4-2-1-3-5-6;2*1-2-3;2*1-2/h2*2-6H,1H3;1-5H,(H,8,9);2-3H2,1H3;1H3;1-2H3;2H2,1H3. The van der Waals surface area contributed by atoms with Gasteiger partial charge in [0, 0.05) is 18.1 Å². The Balaban J connectivity index is -0.000000188. The maximum Gasteiger partial charge on any atom is 0.335 e. The molecule has 0 aliphatic heterocycles. The first-order chi connectivity index (χ1) is 17.7. The Kier molecular flexibility index (Phi) is 34.5. The summed E-state index contributed by atoms with van der Waals surface area (Å²) in [7, 11) is 1.50. The lowest BCUT2D eigenvalue weighted by molar-refractivity contribution is 0.0696. The van der Waals surface area contributed by atoms with Crippen LogP contribution in [0.15, 0.2) is 91.0 Å². The van der Waals surface area contributed by atoms with E-state index < -0.39 is 5.97 Å². The van der Waals surface area contributed by atoms with Gasteiger partial charge in [-0.3, -0.25) is 9.59 Å².